The number of benzene rings is 1. The molecule has 1 saturated carbocycles. The number of pyridine rings is 2. The Bertz CT molecular complexity index is 1170. The van der Waals surface area contributed by atoms with Crippen LogP contribution in [-0.4, -0.2) is 54.1 Å². The van der Waals surface area contributed by atoms with Gasteiger partial charge in [0.25, 0.3) is 0 Å². The molecule has 2 N–H and O–H groups in total. The molecule has 7 heteroatoms. The van der Waals surface area contributed by atoms with Gasteiger partial charge in [-0.2, -0.15) is 0 Å². The molecular weight excluding hydrogens is 414 g/mol. The van der Waals surface area contributed by atoms with Gasteiger partial charge in [-0.1, -0.05) is 36.4 Å². The van der Waals surface area contributed by atoms with E-state index >= 15 is 0 Å². The summed E-state index contributed by atoms with van der Waals surface area (Å²) in [6.07, 6.45) is 9.71. The minimum Gasteiger partial charge on any atom is -0.379 e. The van der Waals surface area contributed by atoms with Crippen molar-refractivity contribution in [2.45, 2.75) is 19.4 Å². The van der Waals surface area contributed by atoms with Crippen molar-refractivity contribution >= 4 is 40.5 Å². The monoisotopic (exact) mass is 443 g/mol. The number of nitrogens with zero attached hydrogens (tertiary/aromatic N) is 3. The first kappa shape index (κ1) is 21.6. The van der Waals surface area contributed by atoms with E-state index in [1.165, 1.54) is 5.56 Å². The van der Waals surface area contributed by atoms with Crippen LogP contribution in [0.5, 0.6) is 0 Å². The summed E-state index contributed by atoms with van der Waals surface area (Å²) in [5.74, 6) is 1.54. The largest absolute Gasteiger partial charge is 0.379 e. The highest BCUT2D eigenvalue weighted by molar-refractivity contribution is 6.01. The third kappa shape index (κ3) is 5.21. The molecule has 1 aliphatic heterocycles. The molecule has 3 aromatic rings. The van der Waals surface area contributed by atoms with Crippen LogP contribution in [0.4, 0.5) is 11.6 Å². The summed E-state index contributed by atoms with van der Waals surface area (Å²) in [5.41, 5.74) is 3.41. The van der Waals surface area contributed by atoms with Gasteiger partial charge in [0.2, 0.25) is 5.91 Å². The molecule has 0 radical (unpaired) electrons. The van der Waals surface area contributed by atoms with Gasteiger partial charge < -0.3 is 15.4 Å². The van der Waals surface area contributed by atoms with Crippen molar-refractivity contribution in [1.82, 2.24) is 14.9 Å². The van der Waals surface area contributed by atoms with Crippen LogP contribution < -0.4 is 10.6 Å². The molecule has 170 valence electrons. The molecular formula is C26H29N5O2. The Kier molecular flexibility index (Phi) is 6.32. The number of hydrogen-bond acceptors (Lipinski definition) is 6. The lowest BCUT2D eigenvalue weighted by molar-refractivity contribution is -0.117. The topological polar surface area (TPSA) is 79.4 Å². The standard InChI is InChI=1S/C26H29N5O2/c1-27-25-23-16-28-24(30-26(32)20-8-9-20)14-22(23)21(15-29-25)7-6-18-2-4-19(5-3-18)17-31-10-12-33-13-11-31/h2-7,14-16,20H,8-13,17H2,1H3,(H,27,29)(H,28,30,32)/b7-6+. The number of ether oxygens (including phenoxy) is 1. The van der Waals surface area contributed by atoms with Crippen LogP contribution in [0.3, 0.4) is 0 Å². The summed E-state index contributed by atoms with van der Waals surface area (Å²) in [5, 5.41) is 7.99. The number of hydrogen-bond donors (Lipinski definition) is 2. The molecule has 0 unspecified atom stereocenters. The lowest BCUT2D eigenvalue weighted by Crippen LogP contribution is -2.35. The first-order chi connectivity index (χ1) is 16.2. The van der Waals surface area contributed by atoms with Gasteiger partial charge in [0.15, 0.2) is 0 Å². The quantitative estimate of drug-likeness (QED) is 0.574. The Hall–Kier alpha value is -3.29. The fraction of sp³-hybridized carbons (Fsp3) is 0.346. The van der Waals surface area contributed by atoms with Gasteiger partial charge in [0.05, 0.1) is 13.2 Å². The van der Waals surface area contributed by atoms with Crippen LogP contribution in [0.2, 0.25) is 0 Å². The second-order valence-corrected chi connectivity index (χ2v) is 8.65. The predicted octanol–water partition coefficient (Wildman–Crippen LogP) is 4.02. The lowest BCUT2D eigenvalue weighted by Gasteiger charge is -2.26. The molecule has 0 atom stereocenters. The van der Waals surface area contributed by atoms with Crippen molar-refractivity contribution < 1.29 is 9.53 Å². The van der Waals surface area contributed by atoms with Crippen LogP contribution >= 0.6 is 0 Å². The van der Waals surface area contributed by atoms with Crippen LogP contribution in [0.1, 0.15) is 29.5 Å². The van der Waals surface area contributed by atoms with Gasteiger partial charge in [-0.05, 0) is 35.4 Å². The Balaban J connectivity index is 1.36. The normalized spacial score (nSPS) is 16.9. The first-order valence-corrected chi connectivity index (χ1v) is 11.5. The van der Waals surface area contributed by atoms with E-state index in [2.05, 4.69) is 61.9 Å². The minimum absolute atomic E-state index is 0.0546. The number of aromatic nitrogens is 2. The van der Waals surface area contributed by atoms with Crippen molar-refractivity contribution in [2.24, 2.45) is 5.92 Å². The summed E-state index contributed by atoms with van der Waals surface area (Å²) in [7, 11) is 1.85. The summed E-state index contributed by atoms with van der Waals surface area (Å²) >= 11 is 0. The Morgan fingerprint density at radius 1 is 1.09 bits per heavy atom. The summed E-state index contributed by atoms with van der Waals surface area (Å²) in [4.78, 5) is 23.6. The molecule has 2 fully saturated rings. The van der Waals surface area contributed by atoms with E-state index in [0.717, 1.165) is 73.4 Å². The zero-order chi connectivity index (χ0) is 22.6. The van der Waals surface area contributed by atoms with Crippen molar-refractivity contribution in [2.75, 3.05) is 44.0 Å². The zero-order valence-electron chi connectivity index (χ0n) is 18.9. The molecule has 0 bridgehead atoms. The van der Waals surface area contributed by atoms with E-state index in [1.807, 2.05) is 19.3 Å². The van der Waals surface area contributed by atoms with E-state index in [0.29, 0.717) is 5.82 Å². The van der Waals surface area contributed by atoms with Crippen LogP contribution in [0.15, 0.2) is 42.7 Å². The van der Waals surface area contributed by atoms with E-state index < -0.39 is 0 Å². The van der Waals surface area contributed by atoms with Gasteiger partial charge >= 0.3 is 0 Å². The Morgan fingerprint density at radius 2 is 1.88 bits per heavy atom. The summed E-state index contributed by atoms with van der Waals surface area (Å²) in [6, 6.07) is 10.6. The van der Waals surface area contributed by atoms with Gasteiger partial charge in [-0.3, -0.25) is 9.69 Å². The second kappa shape index (κ2) is 9.68. The summed E-state index contributed by atoms with van der Waals surface area (Å²) < 4.78 is 5.43. The molecule has 1 saturated heterocycles. The first-order valence-electron chi connectivity index (χ1n) is 11.5. The number of carbonyl (C=O) groups excluding carboxylic acids is 1. The number of rotatable bonds is 7. The maximum absolute atomic E-state index is 12.2. The Labute approximate surface area is 193 Å². The van der Waals surface area contributed by atoms with Crippen LogP contribution in [0.25, 0.3) is 22.9 Å². The SMILES string of the molecule is CNc1ncc(/C=C/c2ccc(CN3CCOCC3)cc2)c2cc(NC(=O)C3CC3)ncc12. The van der Waals surface area contributed by atoms with Crippen molar-refractivity contribution in [3.8, 4) is 0 Å². The molecule has 5 rings (SSSR count). The highest BCUT2D eigenvalue weighted by Crippen LogP contribution is 2.31. The highest BCUT2D eigenvalue weighted by Gasteiger charge is 2.29. The van der Waals surface area contributed by atoms with E-state index in [1.54, 1.807) is 6.20 Å². The number of nitrogens with one attached hydrogen (secondary N) is 2. The number of carbonyl (C=O) groups is 1. The van der Waals surface area contributed by atoms with E-state index in [9.17, 15) is 4.79 Å². The molecule has 33 heavy (non-hydrogen) atoms. The zero-order valence-corrected chi connectivity index (χ0v) is 18.9. The molecule has 1 amide bonds. The molecule has 1 aromatic carbocycles. The molecule has 2 aliphatic rings. The fourth-order valence-electron chi connectivity index (χ4n) is 4.07. The number of fused-ring (bicyclic) bond motifs is 1. The Morgan fingerprint density at radius 3 is 2.61 bits per heavy atom. The smallest absolute Gasteiger partial charge is 0.228 e. The van der Waals surface area contributed by atoms with Gasteiger partial charge in [-0.15, -0.1) is 0 Å². The lowest BCUT2D eigenvalue weighted by atomic mass is 10.1. The van der Waals surface area contributed by atoms with Crippen molar-refractivity contribution in [3.05, 3.63) is 59.4 Å². The molecule has 1 aliphatic carbocycles. The van der Waals surface area contributed by atoms with Crippen molar-refractivity contribution in [1.29, 1.82) is 0 Å². The molecule has 2 aromatic heterocycles. The van der Waals surface area contributed by atoms with E-state index in [-0.39, 0.29) is 11.8 Å². The highest BCUT2D eigenvalue weighted by atomic mass is 16.5. The third-order valence-electron chi connectivity index (χ3n) is 6.18. The second-order valence-electron chi connectivity index (χ2n) is 8.65. The maximum Gasteiger partial charge on any atom is 0.228 e. The van der Waals surface area contributed by atoms with E-state index in [4.69, 9.17) is 4.74 Å². The molecule has 3 heterocycles. The third-order valence-corrected chi connectivity index (χ3v) is 6.18. The molecule has 0 spiro atoms. The van der Waals surface area contributed by atoms with Crippen molar-refractivity contribution in [3.63, 3.8) is 0 Å². The average molecular weight is 444 g/mol. The maximum atomic E-state index is 12.2. The number of amides is 1. The fourth-order valence-corrected chi connectivity index (χ4v) is 4.07. The number of morpholine rings is 1. The minimum atomic E-state index is 0.0546. The van der Waals surface area contributed by atoms with Gasteiger partial charge in [0, 0.05) is 55.9 Å². The number of anilines is 2. The summed E-state index contributed by atoms with van der Waals surface area (Å²) in [6.45, 7) is 4.56. The van der Waals surface area contributed by atoms with Gasteiger partial charge in [-0.25, -0.2) is 9.97 Å². The predicted molar refractivity (Wildman–Crippen MR) is 132 cm³/mol. The van der Waals surface area contributed by atoms with Crippen LogP contribution in [-0.2, 0) is 16.1 Å². The van der Waals surface area contributed by atoms with Crippen LogP contribution in [0, 0.1) is 5.92 Å². The van der Waals surface area contributed by atoms with Gasteiger partial charge in [0.1, 0.15) is 11.6 Å². The average Bonchev–Trinajstić information content (AvgIpc) is 3.70. The molecule has 7 nitrogen and oxygen atoms in total.